The maximum atomic E-state index is 12.5. The maximum Gasteiger partial charge on any atom is 0.277 e. The quantitative estimate of drug-likeness (QED) is 0.432. The first kappa shape index (κ1) is 22.7. The topological polar surface area (TPSA) is 90.3 Å². The Morgan fingerprint density at radius 2 is 1.87 bits per heavy atom. The first-order valence-corrected chi connectivity index (χ1v) is 10.5. The van der Waals surface area contributed by atoms with Gasteiger partial charge in [-0.05, 0) is 37.6 Å². The smallest absolute Gasteiger partial charge is 0.277 e. The molecule has 0 aliphatic carbocycles. The van der Waals surface area contributed by atoms with E-state index in [0.29, 0.717) is 37.0 Å². The van der Waals surface area contributed by atoms with Gasteiger partial charge in [0.2, 0.25) is 0 Å². The average molecular weight is 444 g/mol. The molecule has 164 valence electrons. The molecule has 0 saturated carbocycles. The molecule has 0 bridgehead atoms. The lowest BCUT2D eigenvalue weighted by Gasteiger charge is -2.16. The van der Waals surface area contributed by atoms with Crippen molar-refractivity contribution in [3.05, 3.63) is 71.0 Å². The molecule has 0 unspecified atom stereocenters. The van der Waals surface area contributed by atoms with Gasteiger partial charge in [-0.15, -0.1) is 5.10 Å². The Morgan fingerprint density at radius 1 is 1.13 bits per heavy atom. The molecule has 31 heavy (non-hydrogen) atoms. The summed E-state index contributed by atoms with van der Waals surface area (Å²) in [7, 11) is 0. The van der Waals surface area contributed by atoms with Crippen molar-refractivity contribution >= 4 is 28.9 Å². The third kappa shape index (κ3) is 6.78. The molecule has 0 aliphatic heterocycles. The Labute approximate surface area is 186 Å². The van der Waals surface area contributed by atoms with Crippen LogP contribution >= 0.6 is 11.6 Å². The lowest BCUT2D eigenvalue weighted by molar-refractivity contribution is -0.145. The van der Waals surface area contributed by atoms with Gasteiger partial charge in [0.1, 0.15) is 0 Å². The molecule has 3 aromatic rings. The highest BCUT2D eigenvalue weighted by Gasteiger charge is 2.15. The van der Waals surface area contributed by atoms with Crippen LogP contribution < -0.4 is 10.6 Å². The van der Waals surface area contributed by atoms with Crippen LogP contribution in [0.5, 0.6) is 0 Å². The summed E-state index contributed by atoms with van der Waals surface area (Å²) in [4.78, 5) is 12.5. The molecule has 3 rings (SSSR count). The van der Waals surface area contributed by atoms with Crippen LogP contribution in [-0.4, -0.2) is 40.4 Å². The highest BCUT2D eigenvalue weighted by atomic mass is 35.5. The van der Waals surface area contributed by atoms with Gasteiger partial charge in [0.05, 0.1) is 23.5 Å². The Bertz CT molecular complexity index is 974. The molecule has 0 atom stereocenters. The van der Waals surface area contributed by atoms with Crippen molar-refractivity contribution < 1.29 is 14.3 Å². The van der Waals surface area contributed by atoms with Crippen LogP contribution in [0.25, 0.3) is 0 Å². The first-order chi connectivity index (χ1) is 15.1. The number of halogens is 1. The third-order valence-electron chi connectivity index (χ3n) is 4.37. The van der Waals surface area contributed by atoms with E-state index >= 15 is 0 Å². The third-order valence-corrected chi connectivity index (χ3v) is 4.68. The second-order valence-corrected chi connectivity index (χ2v) is 7.06. The summed E-state index contributed by atoms with van der Waals surface area (Å²) >= 11 is 6.37. The number of ether oxygens (including phenoxy) is 2. The summed E-state index contributed by atoms with van der Waals surface area (Å²) in [5.74, 6) is -0.378. The lowest BCUT2D eigenvalue weighted by atomic mass is 10.2. The van der Waals surface area contributed by atoms with Gasteiger partial charge in [-0.2, -0.15) is 0 Å². The van der Waals surface area contributed by atoms with Crippen LogP contribution in [0.2, 0.25) is 5.02 Å². The van der Waals surface area contributed by atoms with Crippen LogP contribution in [0.4, 0.5) is 11.4 Å². The van der Waals surface area contributed by atoms with Gasteiger partial charge in [0.25, 0.3) is 5.91 Å². The molecule has 2 aromatic carbocycles. The molecule has 1 heterocycles. The summed E-state index contributed by atoms with van der Waals surface area (Å²) in [6.45, 7) is 5.81. The zero-order chi connectivity index (χ0) is 22.1. The predicted octanol–water partition coefficient (Wildman–Crippen LogP) is 4.20. The Balaban J connectivity index is 1.57. The number of benzene rings is 2. The van der Waals surface area contributed by atoms with Crippen molar-refractivity contribution in [1.29, 1.82) is 0 Å². The molecule has 8 nitrogen and oxygen atoms in total. The molecule has 0 spiro atoms. The van der Waals surface area contributed by atoms with Crippen molar-refractivity contribution in [3.63, 3.8) is 0 Å². The van der Waals surface area contributed by atoms with Crippen molar-refractivity contribution in [3.8, 4) is 0 Å². The summed E-state index contributed by atoms with van der Waals surface area (Å²) in [6.07, 6.45) is 1.11. The number of carbonyl (C=O) groups is 1. The second-order valence-electron chi connectivity index (χ2n) is 6.65. The summed E-state index contributed by atoms with van der Waals surface area (Å²) in [6, 6.07) is 15.3. The monoisotopic (exact) mass is 443 g/mol. The molecule has 1 aromatic heterocycles. The van der Waals surface area contributed by atoms with Gasteiger partial charge in [-0.1, -0.05) is 47.1 Å². The van der Waals surface area contributed by atoms with E-state index in [2.05, 4.69) is 20.9 Å². The largest absolute Gasteiger partial charge is 0.380 e. The Hall–Kier alpha value is -2.94. The molecule has 0 radical (unpaired) electrons. The minimum Gasteiger partial charge on any atom is -0.380 e. The number of amides is 1. The van der Waals surface area contributed by atoms with Crippen LogP contribution in [-0.2, 0) is 22.6 Å². The van der Waals surface area contributed by atoms with E-state index in [0.717, 1.165) is 11.3 Å². The van der Waals surface area contributed by atoms with Crippen molar-refractivity contribution in [2.24, 2.45) is 0 Å². The number of aromatic nitrogens is 3. The van der Waals surface area contributed by atoms with Crippen LogP contribution in [0.3, 0.4) is 0 Å². The standard InChI is InChI=1S/C22H26ClN5O3/c1-3-30-21(31-4-2)15-28-14-20(26-27-28)22(29)25-17-10-11-19(18(23)12-17)24-13-16-8-6-5-7-9-16/h5-12,14,21,24H,3-4,13,15H2,1-2H3,(H,25,29). The molecule has 1 amide bonds. The van der Waals surface area contributed by atoms with E-state index in [1.54, 1.807) is 18.3 Å². The second kappa shape index (κ2) is 11.5. The van der Waals surface area contributed by atoms with Crippen LogP contribution in [0.15, 0.2) is 54.7 Å². The number of carbonyl (C=O) groups excluding carboxylic acids is 1. The number of anilines is 2. The van der Waals surface area contributed by atoms with E-state index in [-0.39, 0.29) is 11.6 Å². The van der Waals surface area contributed by atoms with Gasteiger partial charge in [0, 0.05) is 25.4 Å². The molecule has 0 fully saturated rings. The normalized spacial score (nSPS) is 11.0. The average Bonchev–Trinajstić information content (AvgIpc) is 3.23. The SMILES string of the molecule is CCOC(Cn1cc(C(=O)Nc2ccc(NCc3ccccc3)c(Cl)c2)nn1)OCC. The minimum atomic E-state index is -0.442. The minimum absolute atomic E-state index is 0.189. The van der Waals surface area contributed by atoms with E-state index < -0.39 is 6.29 Å². The molecule has 0 aliphatic rings. The van der Waals surface area contributed by atoms with Crippen molar-refractivity contribution in [1.82, 2.24) is 15.0 Å². The van der Waals surface area contributed by atoms with E-state index in [4.69, 9.17) is 21.1 Å². The number of hydrogen-bond acceptors (Lipinski definition) is 6. The van der Waals surface area contributed by atoms with Crippen LogP contribution in [0, 0.1) is 0 Å². The summed E-state index contributed by atoms with van der Waals surface area (Å²) in [5.41, 5.74) is 2.69. The zero-order valence-corrected chi connectivity index (χ0v) is 18.3. The Morgan fingerprint density at radius 3 is 2.55 bits per heavy atom. The zero-order valence-electron chi connectivity index (χ0n) is 17.5. The van der Waals surface area contributed by atoms with E-state index in [9.17, 15) is 4.79 Å². The molecule has 2 N–H and O–H groups in total. The first-order valence-electron chi connectivity index (χ1n) is 10.1. The lowest BCUT2D eigenvalue weighted by Crippen LogP contribution is -2.24. The molecular formula is C22H26ClN5O3. The Kier molecular flexibility index (Phi) is 8.40. The number of nitrogens with one attached hydrogen (secondary N) is 2. The van der Waals surface area contributed by atoms with Crippen molar-refractivity contribution in [2.75, 3.05) is 23.8 Å². The van der Waals surface area contributed by atoms with Crippen LogP contribution in [0.1, 0.15) is 29.9 Å². The van der Waals surface area contributed by atoms with Gasteiger partial charge >= 0.3 is 0 Å². The van der Waals surface area contributed by atoms with E-state index in [1.807, 2.05) is 50.2 Å². The fourth-order valence-electron chi connectivity index (χ4n) is 2.89. The maximum absolute atomic E-state index is 12.5. The fourth-order valence-corrected chi connectivity index (χ4v) is 3.14. The van der Waals surface area contributed by atoms with Gasteiger partial charge < -0.3 is 20.1 Å². The molecular weight excluding hydrogens is 418 g/mol. The van der Waals surface area contributed by atoms with E-state index in [1.165, 1.54) is 4.68 Å². The van der Waals surface area contributed by atoms with Gasteiger partial charge in [0.15, 0.2) is 12.0 Å². The summed E-state index contributed by atoms with van der Waals surface area (Å²) < 4.78 is 12.5. The fraction of sp³-hybridized carbons (Fsp3) is 0.318. The molecule has 0 saturated heterocycles. The van der Waals surface area contributed by atoms with Crippen molar-refractivity contribution in [2.45, 2.75) is 33.2 Å². The molecule has 9 heteroatoms. The highest BCUT2D eigenvalue weighted by molar-refractivity contribution is 6.33. The number of hydrogen-bond donors (Lipinski definition) is 2. The highest BCUT2D eigenvalue weighted by Crippen LogP contribution is 2.26. The summed E-state index contributed by atoms with van der Waals surface area (Å²) in [5, 5.41) is 14.5. The van der Waals surface area contributed by atoms with Gasteiger partial charge in [-0.25, -0.2) is 4.68 Å². The number of rotatable bonds is 11. The predicted molar refractivity (Wildman–Crippen MR) is 120 cm³/mol. The van der Waals surface area contributed by atoms with Gasteiger partial charge in [-0.3, -0.25) is 4.79 Å². The number of nitrogens with zero attached hydrogens (tertiary/aromatic N) is 3.